The molecule has 0 radical (unpaired) electrons. The lowest BCUT2D eigenvalue weighted by Crippen LogP contribution is -2.50. The van der Waals surface area contributed by atoms with Gasteiger partial charge < -0.3 is 14.5 Å². The minimum Gasteiger partial charge on any atom is -0.449 e. The predicted molar refractivity (Wildman–Crippen MR) is 135 cm³/mol. The molecule has 7 nitrogen and oxygen atoms in total. The van der Waals surface area contributed by atoms with Crippen LogP contribution in [0.3, 0.4) is 0 Å². The second-order valence-electron chi connectivity index (χ2n) is 9.17. The quantitative estimate of drug-likeness (QED) is 0.520. The molecule has 2 amide bonds. The molecule has 35 heavy (non-hydrogen) atoms. The molecule has 1 atom stereocenters. The second kappa shape index (κ2) is 10.2. The summed E-state index contributed by atoms with van der Waals surface area (Å²) in [4.78, 5) is 38.2. The Balaban J connectivity index is 1.33. The van der Waals surface area contributed by atoms with E-state index in [1.807, 2.05) is 43.5 Å². The minimum absolute atomic E-state index is 0.0597. The highest BCUT2D eigenvalue weighted by atomic mass is 35.5. The number of carbonyl (C=O) groups excluding carboxylic acids is 2. The van der Waals surface area contributed by atoms with Crippen LogP contribution < -0.4 is 0 Å². The first-order valence-corrected chi connectivity index (χ1v) is 12.7. The van der Waals surface area contributed by atoms with Gasteiger partial charge in [-0.1, -0.05) is 30.7 Å². The zero-order valence-electron chi connectivity index (χ0n) is 19.9. The number of fused-ring (bicyclic) bond motifs is 2. The van der Waals surface area contributed by atoms with Gasteiger partial charge in [-0.15, -0.1) is 0 Å². The maximum absolute atomic E-state index is 13.2. The molecular formula is C27H29ClN4O3. The minimum atomic E-state index is -0.308. The van der Waals surface area contributed by atoms with E-state index in [2.05, 4.69) is 11.1 Å². The Morgan fingerprint density at radius 3 is 2.66 bits per heavy atom. The maximum atomic E-state index is 13.2. The van der Waals surface area contributed by atoms with Crippen LogP contribution in [0.2, 0.25) is 5.02 Å². The average Bonchev–Trinajstić information content (AvgIpc) is 2.91. The Bertz CT molecular complexity index is 1240. The molecule has 3 aromatic rings. The number of amides is 2. The Morgan fingerprint density at radius 1 is 1.11 bits per heavy atom. The maximum Gasteiger partial charge on any atom is 0.409 e. The Morgan fingerprint density at radius 2 is 1.91 bits per heavy atom. The fourth-order valence-electron chi connectivity index (χ4n) is 4.95. The van der Waals surface area contributed by atoms with Crippen molar-refractivity contribution >= 4 is 34.5 Å². The molecule has 0 unspecified atom stereocenters. The molecule has 182 valence electrons. The van der Waals surface area contributed by atoms with Crippen LogP contribution in [0.5, 0.6) is 0 Å². The van der Waals surface area contributed by atoms with Gasteiger partial charge in [-0.2, -0.15) is 0 Å². The number of nitrogens with zero attached hydrogens (tertiary/aromatic N) is 4. The van der Waals surface area contributed by atoms with Gasteiger partial charge in [-0.3, -0.25) is 14.8 Å². The summed E-state index contributed by atoms with van der Waals surface area (Å²) in [6.45, 7) is 4.26. The highest BCUT2D eigenvalue weighted by Crippen LogP contribution is 2.37. The lowest BCUT2D eigenvalue weighted by Gasteiger charge is -2.34. The van der Waals surface area contributed by atoms with Crippen molar-refractivity contribution in [2.75, 3.05) is 32.8 Å². The molecule has 1 aliphatic heterocycles. The van der Waals surface area contributed by atoms with Crippen LogP contribution in [0.4, 0.5) is 4.79 Å². The van der Waals surface area contributed by atoms with Gasteiger partial charge >= 0.3 is 6.09 Å². The zero-order valence-corrected chi connectivity index (χ0v) is 20.6. The first-order chi connectivity index (χ1) is 17.0. The fraction of sp³-hybridized carbons (Fsp3) is 0.407. The van der Waals surface area contributed by atoms with Crippen LogP contribution >= 0.6 is 11.6 Å². The monoisotopic (exact) mass is 492 g/mol. The van der Waals surface area contributed by atoms with Gasteiger partial charge in [0.25, 0.3) is 5.91 Å². The Hall–Kier alpha value is -3.19. The third-order valence-corrected chi connectivity index (χ3v) is 7.32. The van der Waals surface area contributed by atoms with Gasteiger partial charge in [-0.25, -0.2) is 4.79 Å². The van der Waals surface area contributed by atoms with Crippen molar-refractivity contribution < 1.29 is 14.3 Å². The molecule has 2 aliphatic rings. The summed E-state index contributed by atoms with van der Waals surface area (Å²) < 4.78 is 5.21. The van der Waals surface area contributed by atoms with Crippen molar-refractivity contribution in [3.63, 3.8) is 0 Å². The Labute approximate surface area is 210 Å². The van der Waals surface area contributed by atoms with E-state index in [0.29, 0.717) is 44.3 Å². The van der Waals surface area contributed by atoms with E-state index in [-0.39, 0.29) is 12.0 Å². The number of rotatable bonds is 4. The molecule has 1 aromatic carbocycles. The highest BCUT2D eigenvalue weighted by Gasteiger charge is 2.28. The van der Waals surface area contributed by atoms with Gasteiger partial charge in [0, 0.05) is 60.6 Å². The summed E-state index contributed by atoms with van der Waals surface area (Å²) in [5.74, 6) is 0.255. The summed E-state index contributed by atoms with van der Waals surface area (Å²) in [5, 5.41) is 1.62. The van der Waals surface area contributed by atoms with E-state index in [1.54, 1.807) is 9.80 Å². The van der Waals surface area contributed by atoms with Crippen LogP contribution in [-0.2, 0) is 17.6 Å². The predicted octanol–water partition coefficient (Wildman–Crippen LogP) is 4.86. The van der Waals surface area contributed by atoms with E-state index < -0.39 is 0 Å². The highest BCUT2D eigenvalue weighted by molar-refractivity contribution is 6.36. The lowest BCUT2D eigenvalue weighted by molar-refractivity contribution is 0.0560. The fourth-order valence-corrected chi connectivity index (χ4v) is 5.31. The molecule has 2 aromatic heterocycles. The molecular weight excluding hydrogens is 464 g/mol. The molecule has 5 rings (SSSR count). The molecule has 1 saturated heterocycles. The molecule has 3 heterocycles. The van der Waals surface area contributed by atoms with Crippen LogP contribution in [0.1, 0.15) is 53.0 Å². The number of aromatic nitrogens is 2. The average molecular weight is 493 g/mol. The van der Waals surface area contributed by atoms with E-state index >= 15 is 0 Å². The number of pyridine rings is 2. The molecule has 8 heteroatoms. The summed E-state index contributed by atoms with van der Waals surface area (Å²) in [7, 11) is 0. The molecule has 0 N–H and O–H groups in total. The summed E-state index contributed by atoms with van der Waals surface area (Å²) in [6.07, 6.45) is 4.96. The van der Waals surface area contributed by atoms with Crippen molar-refractivity contribution in [3.8, 4) is 0 Å². The van der Waals surface area contributed by atoms with Gasteiger partial charge in [0.05, 0.1) is 17.1 Å². The number of halogens is 1. The first-order valence-electron chi connectivity index (χ1n) is 12.3. The van der Waals surface area contributed by atoms with Crippen molar-refractivity contribution in [1.82, 2.24) is 19.8 Å². The van der Waals surface area contributed by atoms with Crippen LogP contribution in [-0.4, -0.2) is 64.6 Å². The second-order valence-corrected chi connectivity index (χ2v) is 9.55. The van der Waals surface area contributed by atoms with E-state index in [1.165, 1.54) is 0 Å². The summed E-state index contributed by atoms with van der Waals surface area (Å²) in [6, 6.07) is 11.6. The van der Waals surface area contributed by atoms with Crippen molar-refractivity contribution in [1.29, 1.82) is 0 Å². The molecule has 0 saturated carbocycles. The van der Waals surface area contributed by atoms with E-state index in [9.17, 15) is 9.59 Å². The molecule has 1 fully saturated rings. The first kappa shape index (κ1) is 23.5. The van der Waals surface area contributed by atoms with Crippen LogP contribution in [0.25, 0.3) is 10.9 Å². The summed E-state index contributed by atoms with van der Waals surface area (Å²) >= 11 is 6.82. The van der Waals surface area contributed by atoms with Crippen molar-refractivity contribution in [3.05, 3.63) is 70.1 Å². The van der Waals surface area contributed by atoms with Crippen molar-refractivity contribution in [2.45, 2.75) is 38.5 Å². The third kappa shape index (κ3) is 4.82. The molecule has 1 aliphatic carbocycles. The molecule has 0 bridgehead atoms. The number of benzene rings is 1. The largest absolute Gasteiger partial charge is 0.449 e. The topological polar surface area (TPSA) is 75.6 Å². The number of hydrogen-bond donors (Lipinski definition) is 0. The normalized spacial score (nSPS) is 17.8. The van der Waals surface area contributed by atoms with Gasteiger partial charge in [0.1, 0.15) is 0 Å². The third-order valence-electron chi connectivity index (χ3n) is 6.89. The zero-order chi connectivity index (χ0) is 24.4. The summed E-state index contributed by atoms with van der Waals surface area (Å²) in [5.41, 5.74) is 4.51. The SMILES string of the molecule is CCCOC(=O)N1CCN(C(=O)c2ccc3c(Cl)c4c(nc3c2)C[C@H](c2ccccn2)CC4)CC1. The molecule has 0 spiro atoms. The van der Waals surface area contributed by atoms with Crippen LogP contribution in [0.15, 0.2) is 42.6 Å². The van der Waals surface area contributed by atoms with Crippen molar-refractivity contribution in [2.24, 2.45) is 0 Å². The Kier molecular flexibility index (Phi) is 6.86. The number of hydrogen-bond acceptors (Lipinski definition) is 5. The van der Waals surface area contributed by atoms with E-state index in [4.69, 9.17) is 21.3 Å². The van der Waals surface area contributed by atoms with E-state index in [0.717, 1.165) is 58.6 Å². The van der Waals surface area contributed by atoms with Gasteiger partial charge in [0.15, 0.2) is 0 Å². The lowest BCUT2D eigenvalue weighted by atomic mass is 9.84. The van der Waals surface area contributed by atoms with Gasteiger partial charge in [0.2, 0.25) is 0 Å². The van der Waals surface area contributed by atoms with Crippen LogP contribution in [0, 0.1) is 0 Å². The standard InChI is InChI=1S/C27H29ClN4O3/c1-2-15-35-27(34)32-13-11-31(12-14-32)26(33)19-7-9-21-24(17-19)30-23-16-18(6-8-20(23)25(21)28)22-5-3-4-10-29-22/h3-5,7,9-10,17-18H,2,6,8,11-16H2,1H3/t18-/m1/s1. The smallest absolute Gasteiger partial charge is 0.409 e. The number of ether oxygens (including phenoxy) is 1. The number of piperazine rings is 1. The number of carbonyl (C=O) groups is 2. The van der Waals surface area contributed by atoms with Gasteiger partial charge in [-0.05, 0) is 55.5 Å².